The Hall–Kier alpha value is -5.80. The summed E-state index contributed by atoms with van der Waals surface area (Å²) in [5, 5.41) is 1.49. The Morgan fingerprint density at radius 1 is 0.290 bits per heavy atom. The number of hydrogen-bond acceptors (Lipinski definition) is 0. The average molecular weight is 852 g/mol. The van der Waals surface area contributed by atoms with E-state index in [-0.39, 0.29) is 0 Å². The summed E-state index contributed by atoms with van der Waals surface area (Å²) in [5.74, 6) is 0. The summed E-state index contributed by atoms with van der Waals surface area (Å²) >= 11 is 13.1. The zero-order chi connectivity index (χ0) is 43.0. The van der Waals surface area contributed by atoms with Crippen molar-refractivity contribution >= 4 is 23.2 Å². The number of rotatable bonds is 15. The van der Waals surface area contributed by atoms with Gasteiger partial charge >= 0.3 is 0 Å². The van der Waals surface area contributed by atoms with Gasteiger partial charge in [0.25, 0.3) is 0 Å². The van der Waals surface area contributed by atoms with E-state index in [0.29, 0.717) is 0 Å². The third-order valence-electron chi connectivity index (χ3n) is 12.1. The van der Waals surface area contributed by atoms with E-state index in [1.165, 1.54) is 104 Å². The van der Waals surface area contributed by atoms with Crippen LogP contribution in [-0.2, 0) is 13.1 Å². The quantitative estimate of drug-likeness (QED) is 0.0717. The molecule has 2 heterocycles. The Morgan fingerprint density at radius 3 is 0.839 bits per heavy atom. The highest BCUT2D eigenvalue weighted by Crippen LogP contribution is 2.33. The van der Waals surface area contributed by atoms with Crippen LogP contribution >= 0.6 is 23.2 Å². The first kappa shape index (κ1) is 42.9. The summed E-state index contributed by atoms with van der Waals surface area (Å²) in [5.41, 5.74) is 19.4. The van der Waals surface area contributed by atoms with Crippen LogP contribution in [0.4, 0.5) is 0 Å². The highest BCUT2D eigenvalue weighted by molar-refractivity contribution is 6.31. The van der Waals surface area contributed by atoms with Gasteiger partial charge in [0.2, 0.25) is 22.8 Å². The molecule has 310 valence electrons. The van der Waals surface area contributed by atoms with Gasteiger partial charge in [-0.25, -0.2) is 0 Å². The first-order valence-electron chi connectivity index (χ1n) is 22.1. The minimum atomic E-state index is 0.747. The lowest BCUT2D eigenvalue weighted by Gasteiger charge is -2.14. The molecular formula is C58H56Cl2N2+2. The number of aryl methyl sites for hydroxylation is 4. The van der Waals surface area contributed by atoms with Gasteiger partial charge in [0.05, 0.1) is 0 Å². The SMILES string of the molecule is Cc1ccc(-c2cc(-c3cccc(Cl)c3)cc(-c3ccc(C)cc3)[n+]2CCCCCCCC[n+]2c(-c3ccc(C)cc3)cc(-c3cccc(Cl)c3)cc2-c2ccc(C)cc2)cc1. The van der Waals surface area contributed by atoms with E-state index in [1.807, 2.05) is 24.3 Å². The van der Waals surface area contributed by atoms with Gasteiger partial charge in [-0.1, -0.05) is 131 Å². The average Bonchev–Trinajstić information content (AvgIpc) is 3.28. The van der Waals surface area contributed by atoms with Crippen molar-refractivity contribution in [3.63, 3.8) is 0 Å². The van der Waals surface area contributed by atoms with Crippen LogP contribution in [-0.4, -0.2) is 0 Å². The Kier molecular flexibility index (Phi) is 13.8. The first-order chi connectivity index (χ1) is 30.2. The molecule has 0 aliphatic rings. The smallest absolute Gasteiger partial charge is 0.191 e. The second kappa shape index (κ2) is 19.9. The molecule has 62 heavy (non-hydrogen) atoms. The molecule has 0 amide bonds. The molecule has 0 radical (unpaired) electrons. The van der Waals surface area contributed by atoms with Crippen LogP contribution < -0.4 is 9.13 Å². The van der Waals surface area contributed by atoms with E-state index < -0.39 is 0 Å². The van der Waals surface area contributed by atoms with Crippen molar-refractivity contribution in [2.45, 2.75) is 79.3 Å². The monoisotopic (exact) mass is 850 g/mol. The van der Waals surface area contributed by atoms with Gasteiger partial charge < -0.3 is 0 Å². The van der Waals surface area contributed by atoms with Gasteiger partial charge in [-0.2, -0.15) is 9.13 Å². The Morgan fingerprint density at radius 2 is 0.565 bits per heavy atom. The molecule has 0 N–H and O–H groups in total. The van der Waals surface area contributed by atoms with Crippen molar-refractivity contribution in [1.82, 2.24) is 0 Å². The second-order valence-electron chi connectivity index (χ2n) is 16.9. The number of aromatic nitrogens is 2. The fraction of sp³-hybridized carbons (Fsp3) is 0.207. The molecule has 0 bridgehead atoms. The fourth-order valence-corrected chi connectivity index (χ4v) is 8.88. The van der Waals surface area contributed by atoms with Crippen LogP contribution in [0.15, 0.2) is 170 Å². The molecule has 0 fully saturated rings. The van der Waals surface area contributed by atoms with Crippen LogP contribution in [0.5, 0.6) is 0 Å². The Bertz CT molecular complexity index is 2440. The van der Waals surface area contributed by atoms with Gasteiger partial charge in [-0.3, -0.25) is 0 Å². The van der Waals surface area contributed by atoms with E-state index in [0.717, 1.165) is 47.1 Å². The van der Waals surface area contributed by atoms with Crippen molar-refractivity contribution in [2.24, 2.45) is 0 Å². The molecule has 6 aromatic carbocycles. The lowest BCUT2D eigenvalue weighted by molar-refractivity contribution is -0.676. The zero-order valence-electron chi connectivity index (χ0n) is 36.5. The molecule has 4 heteroatoms. The maximum atomic E-state index is 6.53. The molecule has 8 rings (SSSR count). The van der Waals surface area contributed by atoms with Crippen LogP contribution in [0.2, 0.25) is 10.0 Å². The van der Waals surface area contributed by atoms with Crippen molar-refractivity contribution in [3.8, 4) is 67.3 Å². The minimum absolute atomic E-state index is 0.747. The topological polar surface area (TPSA) is 7.76 Å². The maximum Gasteiger partial charge on any atom is 0.213 e. The van der Waals surface area contributed by atoms with Gasteiger partial charge in [0.1, 0.15) is 13.1 Å². The number of halogens is 2. The molecule has 0 aliphatic carbocycles. The number of pyridine rings is 2. The maximum absolute atomic E-state index is 6.53. The van der Waals surface area contributed by atoms with Gasteiger partial charge in [0, 0.05) is 69.4 Å². The van der Waals surface area contributed by atoms with E-state index in [4.69, 9.17) is 23.2 Å². The zero-order valence-corrected chi connectivity index (χ0v) is 38.0. The van der Waals surface area contributed by atoms with E-state index in [9.17, 15) is 0 Å². The van der Waals surface area contributed by atoms with Crippen LogP contribution in [0.1, 0.15) is 60.8 Å². The van der Waals surface area contributed by atoms with E-state index >= 15 is 0 Å². The molecular weight excluding hydrogens is 796 g/mol. The summed E-state index contributed by atoms with van der Waals surface area (Å²) in [6.45, 7) is 10.5. The predicted molar refractivity (Wildman–Crippen MR) is 263 cm³/mol. The van der Waals surface area contributed by atoms with Crippen molar-refractivity contribution in [1.29, 1.82) is 0 Å². The van der Waals surface area contributed by atoms with Gasteiger partial charge in [-0.05, 0) is 136 Å². The minimum Gasteiger partial charge on any atom is -0.191 e. The van der Waals surface area contributed by atoms with Crippen molar-refractivity contribution in [3.05, 3.63) is 202 Å². The van der Waals surface area contributed by atoms with Crippen molar-refractivity contribution in [2.75, 3.05) is 0 Å². The predicted octanol–water partition coefficient (Wildman–Crippen LogP) is 15.8. The standard InChI is InChI=1S/C58H56Cl2N2/c1-41-17-25-45(26-18-41)55-37-51(49-13-11-15-53(59)35-49)38-56(46-27-19-42(2)20-28-46)61(55)33-9-7-5-6-8-10-34-62-57(47-29-21-43(3)22-30-47)39-52(50-14-12-16-54(60)36-50)40-58(62)48-31-23-44(4)24-32-48/h11-32,35-40H,5-10,33-34H2,1-4H3/q+2. The molecule has 0 spiro atoms. The number of hydrogen-bond donors (Lipinski definition) is 0. The van der Waals surface area contributed by atoms with Crippen LogP contribution in [0.25, 0.3) is 67.3 Å². The molecule has 2 nitrogen and oxygen atoms in total. The van der Waals surface area contributed by atoms with E-state index in [2.05, 4.69) is 182 Å². The second-order valence-corrected chi connectivity index (χ2v) is 17.8. The highest BCUT2D eigenvalue weighted by Gasteiger charge is 2.25. The third-order valence-corrected chi connectivity index (χ3v) is 12.5. The van der Waals surface area contributed by atoms with E-state index in [1.54, 1.807) is 0 Å². The summed E-state index contributed by atoms with van der Waals surface area (Å²) in [7, 11) is 0. The lowest BCUT2D eigenvalue weighted by atomic mass is 9.98. The lowest BCUT2D eigenvalue weighted by Crippen LogP contribution is -2.39. The Labute approximate surface area is 379 Å². The normalized spacial score (nSPS) is 11.3. The largest absolute Gasteiger partial charge is 0.213 e. The summed E-state index contributed by atoms with van der Waals surface area (Å²) in [6.07, 6.45) is 6.97. The van der Waals surface area contributed by atoms with Gasteiger partial charge in [-0.15, -0.1) is 0 Å². The molecule has 2 aromatic heterocycles. The molecule has 8 aromatic rings. The Balaban J connectivity index is 1.02. The summed E-state index contributed by atoms with van der Waals surface area (Å²) < 4.78 is 5.10. The van der Waals surface area contributed by atoms with Crippen molar-refractivity contribution < 1.29 is 9.13 Å². The molecule has 0 saturated carbocycles. The summed E-state index contributed by atoms with van der Waals surface area (Å²) in [6, 6.07) is 61.7. The number of nitrogens with zero attached hydrogens (tertiary/aromatic N) is 2. The third kappa shape index (κ3) is 10.4. The number of benzene rings is 6. The van der Waals surface area contributed by atoms with Gasteiger partial charge in [0.15, 0.2) is 0 Å². The first-order valence-corrected chi connectivity index (χ1v) is 22.9. The molecule has 0 saturated heterocycles. The number of unbranched alkanes of at least 4 members (excludes halogenated alkanes) is 5. The summed E-state index contributed by atoms with van der Waals surface area (Å²) in [4.78, 5) is 0. The molecule has 0 aliphatic heterocycles. The van der Waals surface area contributed by atoms with Crippen LogP contribution in [0.3, 0.4) is 0 Å². The molecule has 0 atom stereocenters. The fourth-order valence-electron chi connectivity index (χ4n) is 8.50. The highest BCUT2D eigenvalue weighted by atomic mass is 35.5. The molecule has 0 unspecified atom stereocenters. The van der Waals surface area contributed by atoms with Crippen LogP contribution in [0, 0.1) is 27.7 Å².